The van der Waals surface area contributed by atoms with E-state index in [2.05, 4.69) is 6.92 Å². The fourth-order valence-electron chi connectivity index (χ4n) is 2.60. The van der Waals surface area contributed by atoms with E-state index >= 15 is 0 Å². The minimum atomic E-state index is -0.356. The van der Waals surface area contributed by atoms with E-state index in [1.807, 2.05) is 6.07 Å². The predicted molar refractivity (Wildman–Crippen MR) is 120 cm³/mol. The number of rotatable bonds is 21. The number of unbranched alkanes of at least 4 members (excludes halogenated alkanes) is 3. The number of carbonyl (C=O) groups excluding carboxylic acids is 2. The van der Waals surface area contributed by atoms with Crippen LogP contribution in [0.25, 0.3) is 0 Å². The van der Waals surface area contributed by atoms with Crippen molar-refractivity contribution in [2.45, 2.75) is 39.0 Å². The molecule has 1 rings (SSSR count). The van der Waals surface area contributed by atoms with Gasteiger partial charge in [0, 0.05) is 6.42 Å². The smallest absolute Gasteiger partial charge is 0.338 e. The highest BCUT2D eigenvalue weighted by Crippen LogP contribution is 2.03. The summed E-state index contributed by atoms with van der Waals surface area (Å²) in [4.78, 5) is 23.2. The van der Waals surface area contributed by atoms with Crippen molar-refractivity contribution in [3.8, 4) is 0 Å². The highest BCUT2D eigenvalue weighted by Gasteiger charge is 2.05. The zero-order valence-electron chi connectivity index (χ0n) is 19.3. The predicted octanol–water partition coefficient (Wildman–Crippen LogP) is 3.42. The van der Waals surface area contributed by atoms with Gasteiger partial charge in [-0.1, -0.05) is 44.4 Å². The summed E-state index contributed by atoms with van der Waals surface area (Å²) >= 11 is 0. The molecule has 0 radical (unpaired) electrons. The first-order chi connectivity index (χ1) is 15.7. The minimum absolute atomic E-state index is 0.157. The molecule has 32 heavy (non-hydrogen) atoms. The van der Waals surface area contributed by atoms with Crippen molar-refractivity contribution in [3.63, 3.8) is 0 Å². The van der Waals surface area contributed by atoms with Gasteiger partial charge < -0.3 is 28.4 Å². The highest BCUT2D eigenvalue weighted by atomic mass is 16.6. The SMILES string of the molecule is CCCCCCC(=O)OCCOCCOCCOCCOCCOC(=O)c1ccccc1. The lowest BCUT2D eigenvalue weighted by Crippen LogP contribution is -2.15. The van der Waals surface area contributed by atoms with Gasteiger partial charge in [-0.05, 0) is 18.6 Å². The topological polar surface area (TPSA) is 89.5 Å². The first kappa shape index (κ1) is 28.0. The second kappa shape index (κ2) is 20.9. The molecular formula is C24H38O8. The third kappa shape index (κ3) is 16.7. The molecule has 0 amide bonds. The van der Waals surface area contributed by atoms with Gasteiger partial charge in [0.2, 0.25) is 0 Å². The molecule has 1 aromatic carbocycles. The van der Waals surface area contributed by atoms with Gasteiger partial charge in [-0.15, -0.1) is 0 Å². The second-order valence-electron chi connectivity index (χ2n) is 6.98. The van der Waals surface area contributed by atoms with Crippen LogP contribution in [0.15, 0.2) is 30.3 Å². The Labute approximate surface area is 191 Å². The van der Waals surface area contributed by atoms with Crippen LogP contribution in [0.2, 0.25) is 0 Å². The lowest BCUT2D eigenvalue weighted by molar-refractivity contribution is -0.145. The highest BCUT2D eigenvalue weighted by molar-refractivity contribution is 5.89. The molecule has 1 aromatic rings. The van der Waals surface area contributed by atoms with Crippen molar-refractivity contribution >= 4 is 11.9 Å². The van der Waals surface area contributed by atoms with Crippen molar-refractivity contribution < 1.29 is 38.0 Å². The number of esters is 2. The molecule has 182 valence electrons. The molecule has 0 atom stereocenters. The summed E-state index contributed by atoms with van der Waals surface area (Å²) in [5.41, 5.74) is 0.526. The quantitative estimate of drug-likeness (QED) is 0.206. The molecule has 0 unspecified atom stereocenters. The van der Waals surface area contributed by atoms with Gasteiger partial charge in [0.15, 0.2) is 0 Å². The zero-order chi connectivity index (χ0) is 23.1. The molecule has 0 aliphatic carbocycles. The first-order valence-electron chi connectivity index (χ1n) is 11.4. The Balaban J connectivity index is 1.75. The van der Waals surface area contributed by atoms with Gasteiger partial charge in [0.1, 0.15) is 13.2 Å². The van der Waals surface area contributed by atoms with Crippen LogP contribution in [0.3, 0.4) is 0 Å². The Morgan fingerprint density at radius 2 is 1.12 bits per heavy atom. The van der Waals surface area contributed by atoms with Crippen LogP contribution in [0.1, 0.15) is 49.4 Å². The van der Waals surface area contributed by atoms with E-state index in [1.54, 1.807) is 24.3 Å². The molecule has 0 fully saturated rings. The molecule has 0 aliphatic heterocycles. The monoisotopic (exact) mass is 454 g/mol. The van der Waals surface area contributed by atoms with E-state index in [0.29, 0.717) is 64.8 Å². The zero-order valence-corrected chi connectivity index (χ0v) is 19.3. The summed E-state index contributed by atoms with van der Waals surface area (Å²) < 4.78 is 31.7. The summed E-state index contributed by atoms with van der Waals surface area (Å²) in [6, 6.07) is 8.84. The lowest BCUT2D eigenvalue weighted by Gasteiger charge is -2.08. The Morgan fingerprint density at radius 1 is 0.625 bits per heavy atom. The summed E-state index contributed by atoms with van der Waals surface area (Å²) in [7, 11) is 0. The number of benzene rings is 1. The number of ether oxygens (including phenoxy) is 6. The van der Waals surface area contributed by atoms with E-state index in [1.165, 1.54) is 0 Å². The Hall–Kier alpha value is -2.00. The maximum atomic E-state index is 11.7. The van der Waals surface area contributed by atoms with Crippen molar-refractivity contribution in [3.05, 3.63) is 35.9 Å². The van der Waals surface area contributed by atoms with Crippen LogP contribution < -0.4 is 0 Å². The molecule has 0 N–H and O–H groups in total. The maximum Gasteiger partial charge on any atom is 0.338 e. The molecule has 8 heteroatoms. The standard InChI is InChI=1S/C24H38O8/c1-2-3-4-8-11-23(25)31-20-18-29-16-14-27-12-13-28-15-17-30-19-21-32-24(26)22-9-6-5-7-10-22/h5-7,9-10H,2-4,8,11-21H2,1H3. The van der Waals surface area contributed by atoms with Gasteiger partial charge in [-0.2, -0.15) is 0 Å². The molecule has 0 saturated carbocycles. The van der Waals surface area contributed by atoms with Crippen LogP contribution in [-0.4, -0.2) is 78.0 Å². The number of carbonyl (C=O) groups is 2. The minimum Gasteiger partial charge on any atom is -0.463 e. The Kier molecular flexibility index (Phi) is 18.3. The number of hydrogen-bond acceptors (Lipinski definition) is 8. The van der Waals surface area contributed by atoms with Crippen molar-refractivity contribution in [2.24, 2.45) is 0 Å². The molecular weight excluding hydrogens is 416 g/mol. The van der Waals surface area contributed by atoms with E-state index in [-0.39, 0.29) is 25.2 Å². The molecule has 0 aliphatic rings. The van der Waals surface area contributed by atoms with Crippen LogP contribution in [0, 0.1) is 0 Å². The van der Waals surface area contributed by atoms with Crippen LogP contribution in [-0.2, 0) is 33.2 Å². The van der Waals surface area contributed by atoms with E-state index in [0.717, 1.165) is 25.7 Å². The van der Waals surface area contributed by atoms with Crippen molar-refractivity contribution in [1.29, 1.82) is 0 Å². The third-order valence-corrected chi connectivity index (χ3v) is 4.31. The molecule has 0 saturated heterocycles. The second-order valence-corrected chi connectivity index (χ2v) is 6.98. The van der Waals surface area contributed by atoms with E-state index < -0.39 is 0 Å². The van der Waals surface area contributed by atoms with Crippen molar-refractivity contribution in [1.82, 2.24) is 0 Å². The van der Waals surface area contributed by atoms with Crippen LogP contribution in [0.4, 0.5) is 0 Å². The maximum absolute atomic E-state index is 11.7. The average molecular weight is 455 g/mol. The van der Waals surface area contributed by atoms with Gasteiger partial charge in [0.25, 0.3) is 0 Å². The summed E-state index contributed by atoms with van der Waals surface area (Å²) in [6.45, 7) is 6.00. The summed E-state index contributed by atoms with van der Waals surface area (Å²) in [5, 5.41) is 0. The van der Waals surface area contributed by atoms with Gasteiger partial charge in [0.05, 0.1) is 58.4 Å². The van der Waals surface area contributed by atoms with E-state index in [9.17, 15) is 9.59 Å². The molecule has 0 bridgehead atoms. The van der Waals surface area contributed by atoms with Gasteiger partial charge >= 0.3 is 11.9 Å². The summed E-state index contributed by atoms with van der Waals surface area (Å²) in [6.07, 6.45) is 4.75. The van der Waals surface area contributed by atoms with Crippen molar-refractivity contribution in [2.75, 3.05) is 66.1 Å². The lowest BCUT2D eigenvalue weighted by atomic mass is 10.2. The average Bonchev–Trinajstić information content (AvgIpc) is 2.82. The first-order valence-corrected chi connectivity index (χ1v) is 11.4. The Morgan fingerprint density at radius 3 is 1.66 bits per heavy atom. The van der Waals surface area contributed by atoms with Crippen LogP contribution in [0.5, 0.6) is 0 Å². The molecule has 0 spiro atoms. The largest absolute Gasteiger partial charge is 0.463 e. The van der Waals surface area contributed by atoms with E-state index in [4.69, 9.17) is 28.4 Å². The third-order valence-electron chi connectivity index (χ3n) is 4.31. The van der Waals surface area contributed by atoms with Gasteiger partial charge in [-0.3, -0.25) is 4.79 Å². The fraction of sp³-hybridized carbons (Fsp3) is 0.667. The normalized spacial score (nSPS) is 10.8. The Bertz CT molecular complexity index is 579. The van der Waals surface area contributed by atoms with Gasteiger partial charge in [-0.25, -0.2) is 4.79 Å². The number of hydrogen-bond donors (Lipinski definition) is 0. The molecule has 0 heterocycles. The summed E-state index contributed by atoms with van der Waals surface area (Å²) in [5.74, 6) is -0.513. The molecule has 8 nitrogen and oxygen atoms in total. The van der Waals surface area contributed by atoms with Crippen LogP contribution >= 0.6 is 0 Å². The fourth-order valence-corrected chi connectivity index (χ4v) is 2.60. The molecule has 0 aromatic heterocycles.